The van der Waals surface area contributed by atoms with E-state index in [1.54, 1.807) is 12.1 Å². The molecule has 12 rings (SSSR count). The van der Waals surface area contributed by atoms with Gasteiger partial charge in [-0.2, -0.15) is 6.07 Å². The number of aryl methyl sites for hydroxylation is 2. The summed E-state index contributed by atoms with van der Waals surface area (Å²) in [4.78, 5) is 9.53. The molecule has 0 aliphatic carbocycles. The van der Waals surface area contributed by atoms with Gasteiger partial charge in [0.25, 0.3) is 0 Å². The van der Waals surface area contributed by atoms with Crippen LogP contribution in [0.3, 0.4) is 0 Å². The minimum absolute atomic E-state index is 0. The predicted molar refractivity (Wildman–Crippen MR) is 341 cm³/mol. The summed E-state index contributed by atoms with van der Waals surface area (Å²) >= 11 is 0. The monoisotopic (exact) mass is 1270 g/mol. The smallest absolute Gasteiger partial charge is 0.135 e. The quantitative estimate of drug-likeness (QED) is 0.121. The van der Waals surface area contributed by atoms with Gasteiger partial charge in [0.1, 0.15) is 11.6 Å². The molecule has 9 aromatic carbocycles. The van der Waals surface area contributed by atoms with Crippen molar-refractivity contribution in [1.82, 2.24) is 9.55 Å². The number of hydrogen-bond acceptors (Lipinski definition) is 4. The molecule has 0 saturated carbocycles. The van der Waals surface area contributed by atoms with E-state index in [1.807, 2.05) is 24.4 Å². The number of halogens is 1. The predicted octanol–water partition coefficient (Wildman–Crippen LogP) is 20.8. The second kappa shape index (κ2) is 22.3. The standard InChI is InChI=1S/C76H70FN4O.Pt/c1-12-49-24-21-25-50(13-2)72(49)55-40-60(46-62(41-55)82-61-34-35-64-63-26-17-18-27-67(63)81(70(64)47-61)71-45-56(36-37-78-71)74(3,4)5)79-48-80(69-29-20-19-28-68(69)79)73-65(52-30-32-59(77)33-31-52)42-53(51-22-15-14-16-23-51)43-66(73)54-38-57(75(6,7)8)44-58(39-54)76(9,10)11;/h14-45,48H,12-13H2,1-11H3;/q-3;. The van der Waals surface area contributed by atoms with Crippen LogP contribution in [0.4, 0.5) is 27.1 Å². The maximum absolute atomic E-state index is 15.1. The number of anilines is 4. The van der Waals surface area contributed by atoms with E-state index >= 15 is 4.39 Å². The molecule has 2 aromatic heterocycles. The molecule has 1 aliphatic rings. The Kier molecular flexibility index (Phi) is 15.2. The van der Waals surface area contributed by atoms with Gasteiger partial charge in [0, 0.05) is 72.5 Å². The van der Waals surface area contributed by atoms with Gasteiger partial charge >= 0.3 is 0 Å². The number of pyridine rings is 1. The van der Waals surface area contributed by atoms with Crippen molar-refractivity contribution in [2.75, 3.05) is 9.80 Å². The number of nitrogens with zero attached hydrogens (tertiary/aromatic N) is 4. The van der Waals surface area contributed by atoms with Gasteiger partial charge in [0.15, 0.2) is 0 Å². The Morgan fingerprint density at radius 3 is 1.76 bits per heavy atom. The van der Waals surface area contributed by atoms with E-state index in [0.29, 0.717) is 11.5 Å². The number of para-hydroxylation sites is 3. The first-order chi connectivity index (χ1) is 39.3. The molecule has 0 fully saturated rings. The van der Waals surface area contributed by atoms with Crippen molar-refractivity contribution in [3.05, 3.63) is 247 Å². The van der Waals surface area contributed by atoms with Crippen LogP contribution in [0.25, 0.3) is 72.1 Å². The summed E-state index contributed by atoms with van der Waals surface area (Å²) in [5, 5.41) is 2.18. The molecular weight excluding hydrogens is 1200 g/mol. The van der Waals surface area contributed by atoms with E-state index in [4.69, 9.17) is 9.72 Å². The van der Waals surface area contributed by atoms with E-state index in [0.717, 1.165) is 102 Å². The number of benzene rings is 9. The minimum atomic E-state index is -0.284. The van der Waals surface area contributed by atoms with Crippen LogP contribution in [0.2, 0.25) is 0 Å². The van der Waals surface area contributed by atoms with Gasteiger partial charge < -0.3 is 19.1 Å². The first kappa shape index (κ1) is 56.8. The van der Waals surface area contributed by atoms with Crippen molar-refractivity contribution < 1.29 is 30.2 Å². The summed E-state index contributed by atoms with van der Waals surface area (Å²) < 4.78 is 24.4. The maximum Gasteiger partial charge on any atom is 0.135 e. The molecule has 0 saturated heterocycles. The van der Waals surface area contributed by atoms with E-state index in [2.05, 4.69) is 267 Å². The molecule has 0 amide bonds. The van der Waals surface area contributed by atoms with Gasteiger partial charge in [-0.3, -0.25) is 0 Å². The van der Waals surface area contributed by atoms with Gasteiger partial charge in [0.2, 0.25) is 0 Å². The molecule has 1 aliphatic heterocycles. The average Bonchev–Trinajstić information content (AvgIpc) is 2.70. The molecule has 0 atom stereocenters. The Bertz CT molecular complexity index is 4160. The van der Waals surface area contributed by atoms with Crippen molar-refractivity contribution in [3.8, 4) is 61.8 Å². The number of rotatable bonds is 11. The summed E-state index contributed by atoms with van der Waals surface area (Å²) in [5.41, 5.74) is 20.0. The minimum Gasteiger partial charge on any atom is -0.509 e. The van der Waals surface area contributed by atoms with Crippen molar-refractivity contribution in [3.63, 3.8) is 0 Å². The molecule has 83 heavy (non-hydrogen) atoms. The third-order valence-corrected chi connectivity index (χ3v) is 16.2. The Balaban J connectivity index is 0.00000721. The topological polar surface area (TPSA) is 33.5 Å². The molecule has 0 spiro atoms. The van der Waals surface area contributed by atoms with Crippen molar-refractivity contribution in [1.29, 1.82) is 0 Å². The summed E-state index contributed by atoms with van der Waals surface area (Å²) in [6, 6.07) is 73.4. The van der Waals surface area contributed by atoms with Gasteiger partial charge in [-0.15, -0.1) is 53.6 Å². The number of hydrogen-bond donors (Lipinski definition) is 0. The Labute approximate surface area is 504 Å². The zero-order chi connectivity index (χ0) is 57.2. The average molecular weight is 1270 g/mol. The zero-order valence-corrected chi connectivity index (χ0v) is 51.6. The number of ether oxygens (including phenoxy) is 1. The molecule has 0 bridgehead atoms. The summed E-state index contributed by atoms with van der Waals surface area (Å²) in [6.45, 7) is 27.1. The maximum atomic E-state index is 15.1. The summed E-state index contributed by atoms with van der Waals surface area (Å²) in [5.74, 6) is 1.67. The zero-order valence-electron chi connectivity index (χ0n) is 49.4. The molecule has 7 heteroatoms. The van der Waals surface area contributed by atoms with Crippen molar-refractivity contribution in [2.45, 2.75) is 105 Å². The van der Waals surface area contributed by atoms with Crippen LogP contribution in [-0.2, 0) is 50.2 Å². The van der Waals surface area contributed by atoms with Crippen molar-refractivity contribution in [2.24, 2.45) is 0 Å². The van der Waals surface area contributed by atoms with E-state index < -0.39 is 0 Å². The van der Waals surface area contributed by atoms with E-state index in [-0.39, 0.29) is 43.1 Å². The van der Waals surface area contributed by atoms with E-state index in [9.17, 15) is 0 Å². The molecule has 5 nitrogen and oxygen atoms in total. The molecule has 11 aromatic rings. The molecule has 420 valence electrons. The Hall–Kier alpha value is -8.05. The molecule has 3 heterocycles. The Morgan fingerprint density at radius 1 is 0.494 bits per heavy atom. The molecular formula is C76H70FN4OPt-3. The van der Waals surface area contributed by atoms with Gasteiger partial charge in [-0.1, -0.05) is 191 Å². The van der Waals surface area contributed by atoms with Gasteiger partial charge in [-0.05, 0) is 145 Å². The van der Waals surface area contributed by atoms with Crippen molar-refractivity contribution >= 4 is 44.6 Å². The third kappa shape index (κ3) is 11.0. The second-order valence-electron chi connectivity index (χ2n) is 24.9. The fraction of sp³-hybridized carbons (Fsp3) is 0.211. The molecule has 0 radical (unpaired) electrons. The normalized spacial score (nSPS) is 12.7. The second-order valence-corrected chi connectivity index (χ2v) is 24.9. The van der Waals surface area contributed by atoms with Crippen LogP contribution >= 0.6 is 0 Å². The fourth-order valence-electron chi connectivity index (χ4n) is 11.7. The van der Waals surface area contributed by atoms with Gasteiger partial charge in [0.05, 0.1) is 0 Å². The van der Waals surface area contributed by atoms with Crippen LogP contribution in [-0.4, -0.2) is 9.55 Å². The van der Waals surface area contributed by atoms with Gasteiger partial charge in [-0.25, -0.2) is 9.37 Å². The largest absolute Gasteiger partial charge is 0.509 e. The summed E-state index contributed by atoms with van der Waals surface area (Å²) in [7, 11) is 0. The molecule has 0 unspecified atom stereocenters. The van der Waals surface area contributed by atoms with Crippen LogP contribution < -0.4 is 14.5 Å². The first-order valence-corrected chi connectivity index (χ1v) is 28.8. The van der Waals surface area contributed by atoms with Crippen LogP contribution in [0.5, 0.6) is 11.5 Å². The van der Waals surface area contributed by atoms with Crippen LogP contribution in [0.15, 0.2) is 194 Å². The van der Waals surface area contributed by atoms with E-state index in [1.165, 1.54) is 33.4 Å². The van der Waals surface area contributed by atoms with Crippen LogP contribution in [0.1, 0.15) is 104 Å². The SMILES string of the molecule is CCc1cccc(CC)c1-c1cc(Oc2[c-]c3c(cc2)c2ccccc2n3-c2cc(C(C)(C)C)ccn2)[c-]c(N2[CH-]N(c3c(-c4ccc(F)cc4)cc(-c4ccccc4)cc3-c3cc(C(C)(C)C)cc(C(C)(C)C)c3)c3ccccc32)c1.[Pt]. The molecule has 0 N–H and O–H groups in total. The summed E-state index contributed by atoms with van der Waals surface area (Å²) in [6.07, 6.45) is 3.63. The number of aromatic nitrogens is 2. The number of fused-ring (bicyclic) bond motifs is 4. The van der Waals surface area contributed by atoms with Crippen LogP contribution in [0, 0.1) is 24.6 Å². The fourth-order valence-corrected chi connectivity index (χ4v) is 11.7. The Morgan fingerprint density at radius 2 is 1.11 bits per heavy atom. The first-order valence-electron chi connectivity index (χ1n) is 28.8. The third-order valence-electron chi connectivity index (χ3n) is 16.2.